The zero-order valence-electron chi connectivity index (χ0n) is 20.6. The molecule has 2 heterocycles. The number of halogens is 2. The molecule has 7 heteroatoms. The predicted molar refractivity (Wildman–Crippen MR) is 148 cm³/mol. The van der Waals surface area contributed by atoms with Crippen molar-refractivity contribution >= 4 is 40.5 Å². The number of rotatable bonds is 5. The number of piperazine rings is 1. The number of para-hydroxylation sites is 1. The van der Waals surface area contributed by atoms with Gasteiger partial charge in [0.15, 0.2) is 0 Å². The number of amides is 1. The second-order valence-corrected chi connectivity index (χ2v) is 10.8. The molecule has 36 heavy (non-hydrogen) atoms. The monoisotopic (exact) mass is 522 g/mol. The van der Waals surface area contributed by atoms with Crippen LogP contribution < -0.4 is 10.2 Å². The van der Waals surface area contributed by atoms with Crippen molar-refractivity contribution in [2.24, 2.45) is 5.92 Å². The summed E-state index contributed by atoms with van der Waals surface area (Å²) in [6, 6.07) is 20.6. The minimum Gasteiger partial charge on any atom is -0.369 e. The average molecular weight is 524 g/mol. The molecule has 0 atom stereocenters. The Hall–Kier alpha value is -2.60. The van der Waals surface area contributed by atoms with Gasteiger partial charge in [-0.3, -0.25) is 9.69 Å². The van der Waals surface area contributed by atoms with Gasteiger partial charge in [0.05, 0.1) is 10.6 Å². The highest BCUT2D eigenvalue weighted by Crippen LogP contribution is 2.45. The topological polar surface area (TPSA) is 48.5 Å². The fourth-order valence-corrected chi connectivity index (χ4v) is 5.96. The lowest BCUT2D eigenvalue weighted by Crippen LogP contribution is -2.56. The van der Waals surface area contributed by atoms with Crippen molar-refractivity contribution in [2.45, 2.75) is 38.1 Å². The molecule has 2 aromatic carbocycles. The highest BCUT2D eigenvalue weighted by molar-refractivity contribution is 6.41. The summed E-state index contributed by atoms with van der Waals surface area (Å²) < 4.78 is 0. The molecule has 2 fully saturated rings. The van der Waals surface area contributed by atoms with Gasteiger partial charge in [0, 0.05) is 49.3 Å². The van der Waals surface area contributed by atoms with Crippen molar-refractivity contribution in [1.82, 2.24) is 9.88 Å². The molecule has 1 amide bonds. The minimum absolute atomic E-state index is 0.0127. The lowest BCUT2D eigenvalue weighted by atomic mass is 9.71. The molecule has 2 aliphatic rings. The number of hydrogen-bond donors (Lipinski definition) is 1. The Morgan fingerprint density at radius 1 is 0.972 bits per heavy atom. The van der Waals surface area contributed by atoms with E-state index in [0.717, 1.165) is 50.6 Å². The van der Waals surface area contributed by atoms with E-state index in [0.29, 0.717) is 5.56 Å². The number of hydrogen-bond acceptors (Lipinski definition) is 4. The Morgan fingerprint density at radius 2 is 1.69 bits per heavy atom. The second kappa shape index (κ2) is 10.8. The third-order valence-corrected chi connectivity index (χ3v) is 8.51. The van der Waals surface area contributed by atoms with Gasteiger partial charge in [-0.15, -0.1) is 0 Å². The first-order valence-corrected chi connectivity index (χ1v) is 13.5. The molecule has 0 bridgehead atoms. The molecule has 0 spiro atoms. The molecule has 5 nitrogen and oxygen atoms in total. The third kappa shape index (κ3) is 5.24. The highest BCUT2D eigenvalue weighted by atomic mass is 35.5. The van der Waals surface area contributed by atoms with Gasteiger partial charge in [0.2, 0.25) is 0 Å². The van der Waals surface area contributed by atoms with E-state index in [1.54, 1.807) is 6.07 Å². The fraction of sp³-hybridized carbons (Fsp3) is 0.379. The summed E-state index contributed by atoms with van der Waals surface area (Å²) in [5.41, 5.74) is 3.73. The van der Waals surface area contributed by atoms with E-state index in [-0.39, 0.29) is 21.6 Å². The fourth-order valence-electron chi connectivity index (χ4n) is 5.69. The first-order chi connectivity index (χ1) is 17.4. The van der Waals surface area contributed by atoms with Crippen LogP contribution in [0.15, 0.2) is 66.9 Å². The van der Waals surface area contributed by atoms with E-state index < -0.39 is 0 Å². The predicted octanol–water partition coefficient (Wildman–Crippen LogP) is 6.87. The van der Waals surface area contributed by atoms with E-state index in [9.17, 15) is 4.79 Å². The Kier molecular flexibility index (Phi) is 7.52. The smallest absolute Gasteiger partial charge is 0.257 e. The third-order valence-electron chi connectivity index (χ3n) is 7.82. The zero-order chi connectivity index (χ0) is 25.1. The van der Waals surface area contributed by atoms with Gasteiger partial charge in [-0.1, -0.05) is 60.5 Å². The normalized spacial score (nSPS) is 22.9. The van der Waals surface area contributed by atoms with Crippen LogP contribution in [0.3, 0.4) is 0 Å². The number of benzene rings is 2. The van der Waals surface area contributed by atoms with E-state index in [2.05, 4.69) is 75.6 Å². The van der Waals surface area contributed by atoms with Crippen molar-refractivity contribution < 1.29 is 4.79 Å². The lowest BCUT2D eigenvalue weighted by Gasteiger charge is -2.51. The van der Waals surface area contributed by atoms with Crippen molar-refractivity contribution in [3.8, 4) is 0 Å². The zero-order valence-corrected chi connectivity index (χ0v) is 22.1. The quantitative estimate of drug-likeness (QED) is 0.371. The SMILES string of the molecule is C[C@H]1CC[C@](c2cccc(NC(=O)c3cnc(Cl)c(Cl)c3)c2)(N2CCN(c3ccccc3)CC2)CC1. The summed E-state index contributed by atoms with van der Waals surface area (Å²) in [7, 11) is 0. The maximum atomic E-state index is 12.9. The van der Waals surface area contributed by atoms with Crippen LogP contribution in [0.5, 0.6) is 0 Å². The molecular weight excluding hydrogens is 491 g/mol. The van der Waals surface area contributed by atoms with Crippen molar-refractivity contribution in [2.75, 3.05) is 36.4 Å². The number of nitrogens with one attached hydrogen (secondary N) is 1. The molecular formula is C29H32Cl2N4O. The first kappa shape index (κ1) is 25.1. The summed E-state index contributed by atoms with van der Waals surface area (Å²) in [5, 5.41) is 3.49. The first-order valence-electron chi connectivity index (χ1n) is 12.7. The minimum atomic E-state index is -0.249. The van der Waals surface area contributed by atoms with Crippen molar-refractivity contribution in [1.29, 1.82) is 0 Å². The number of carbonyl (C=O) groups excluding carboxylic acids is 1. The van der Waals surface area contributed by atoms with Crippen molar-refractivity contribution in [3.05, 3.63) is 88.2 Å². The molecule has 1 saturated heterocycles. The van der Waals surface area contributed by atoms with Crippen LogP contribution in [-0.4, -0.2) is 42.0 Å². The maximum absolute atomic E-state index is 12.9. The number of anilines is 2. The van der Waals surface area contributed by atoms with E-state index in [4.69, 9.17) is 23.2 Å². The van der Waals surface area contributed by atoms with E-state index in [1.807, 2.05) is 6.07 Å². The van der Waals surface area contributed by atoms with Gasteiger partial charge in [-0.2, -0.15) is 0 Å². The van der Waals surface area contributed by atoms with Gasteiger partial charge >= 0.3 is 0 Å². The molecule has 1 aliphatic carbocycles. The van der Waals surface area contributed by atoms with E-state index in [1.165, 1.54) is 30.3 Å². The highest BCUT2D eigenvalue weighted by Gasteiger charge is 2.42. The van der Waals surface area contributed by atoms with Gasteiger partial charge in [-0.05, 0) is 67.5 Å². The van der Waals surface area contributed by atoms with Gasteiger partial charge in [0.25, 0.3) is 5.91 Å². The molecule has 5 rings (SSSR count). The second-order valence-electron chi connectivity index (χ2n) is 10.1. The Bertz CT molecular complexity index is 1200. The number of aromatic nitrogens is 1. The average Bonchev–Trinajstić information content (AvgIpc) is 2.91. The molecule has 1 aromatic heterocycles. The lowest BCUT2D eigenvalue weighted by molar-refractivity contribution is 0.0299. The van der Waals surface area contributed by atoms with Crippen LogP contribution in [0, 0.1) is 5.92 Å². The largest absolute Gasteiger partial charge is 0.369 e. The number of nitrogens with zero attached hydrogens (tertiary/aromatic N) is 3. The maximum Gasteiger partial charge on any atom is 0.257 e. The molecule has 188 valence electrons. The van der Waals surface area contributed by atoms with Gasteiger partial charge in [-0.25, -0.2) is 4.98 Å². The van der Waals surface area contributed by atoms with E-state index >= 15 is 0 Å². The van der Waals surface area contributed by atoms with Gasteiger partial charge in [0.1, 0.15) is 5.15 Å². The summed E-state index contributed by atoms with van der Waals surface area (Å²) >= 11 is 12.0. The molecule has 3 aromatic rings. The van der Waals surface area contributed by atoms with Crippen LogP contribution in [-0.2, 0) is 5.54 Å². The summed E-state index contributed by atoms with van der Waals surface area (Å²) in [5.74, 6) is 0.495. The van der Waals surface area contributed by atoms with Gasteiger partial charge < -0.3 is 10.2 Å². The van der Waals surface area contributed by atoms with Crippen molar-refractivity contribution in [3.63, 3.8) is 0 Å². The number of pyridine rings is 1. The molecule has 0 unspecified atom stereocenters. The van der Waals surface area contributed by atoms with Crippen LogP contribution in [0.1, 0.15) is 48.5 Å². The van der Waals surface area contributed by atoms with Crippen LogP contribution in [0.2, 0.25) is 10.2 Å². The summed E-state index contributed by atoms with van der Waals surface area (Å²) in [6.07, 6.45) is 6.14. The Labute approximate surface area is 223 Å². The van der Waals surface area contributed by atoms with Crippen LogP contribution in [0.4, 0.5) is 11.4 Å². The number of carbonyl (C=O) groups is 1. The molecule has 0 radical (unpaired) electrons. The standard InChI is InChI=1S/C29H32Cl2N4O/c1-21-10-12-29(13-11-21,35-16-14-34(15-17-35)25-8-3-2-4-9-25)23-6-5-7-24(19-23)33-28(36)22-18-26(30)27(31)32-20-22/h2-9,18-21H,10-17H2,1H3,(H,33,36)/t21-,29-. The molecule has 1 aliphatic heterocycles. The summed E-state index contributed by atoms with van der Waals surface area (Å²) in [4.78, 5) is 22.1. The Balaban J connectivity index is 1.37. The Morgan fingerprint density at radius 3 is 2.39 bits per heavy atom. The van der Waals surface area contributed by atoms with Crippen LogP contribution in [0.25, 0.3) is 0 Å². The molecule has 1 N–H and O–H groups in total. The van der Waals surface area contributed by atoms with Crippen LogP contribution >= 0.6 is 23.2 Å². The molecule has 1 saturated carbocycles. The summed E-state index contributed by atoms with van der Waals surface area (Å²) in [6.45, 7) is 6.44.